The molecule has 1 fully saturated rings. The van der Waals surface area contributed by atoms with E-state index < -0.39 is 5.97 Å². The molecular weight excluding hydrogens is 258 g/mol. The van der Waals surface area contributed by atoms with E-state index >= 15 is 0 Å². The van der Waals surface area contributed by atoms with Crippen molar-refractivity contribution in [2.24, 2.45) is 5.92 Å². The molecule has 1 aromatic carbocycles. The van der Waals surface area contributed by atoms with E-state index in [4.69, 9.17) is 9.84 Å². The molecule has 0 unspecified atom stereocenters. The van der Waals surface area contributed by atoms with Gasteiger partial charge < -0.3 is 15.2 Å². The Balaban J connectivity index is 1.54. The molecule has 0 heterocycles. The normalized spacial score (nSPS) is 21.0. The third-order valence-corrected chi connectivity index (χ3v) is 3.46. The van der Waals surface area contributed by atoms with Crippen LogP contribution in [0, 0.1) is 5.92 Å². The highest BCUT2D eigenvalue weighted by Gasteiger charge is 2.35. The van der Waals surface area contributed by atoms with Gasteiger partial charge in [-0.2, -0.15) is 0 Å². The van der Waals surface area contributed by atoms with Crippen LogP contribution in [0.15, 0.2) is 30.3 Å². The zero-order valence-electron chi connectivity index (χ0n) is 11.2. The number of rotatable bonds is 7. The summed E-state index contributed by atoms with van der Waals surface area (Å²) in [6.07, 6.45) is 1.81. The molecule has 5 heteroatoms. The lowest BCUT2D eigenvalue weighted by molar-refractivity contribution is -0.146. The van der Waals surface area contributed by atoms with Crippen LogP contribution in [0.5, 0.6) is 0 Å². The first-order valence-corrected chi connectivity index (χ1v) is 6.79. The summed E-state index contributed by atoms with van der Waals surface area (Å²) in [6.45, 7) is 0.529. The SMILES string of the molecule is O=C(COCCc1ccccc1)NC1CC(C(=O)O)C1. The van der Waals surface area contributed by atoms with E-state index in [1.54, 1.807) is 0 Å². The minimum atomic E-state index is -0.783. The molecule has 0 spiro atoms. The van der Waals surface area contributed by atoms with E-state index in [1.807, 2.05) is 30.3 Å². The maximum Gasteiger partial charge on any atom is 0.306 e. The number of carbonyl (C=O) groups excluding carboxylic acids is 1. The number of carbonyl (C=O) groups is 2. The predicted molar refractivity (Wildman–Crippen MR) is 73.3 cm³/mol. The van der Waals surface area contributed by atoms with E-state index in [0.29, 0.717) is 19.4 Å². The van der Waals surface area contributed by atoms with Gasteiger partial charge in [0.05, 0.1) is 12.5 Å². The Labute approximate surface area is 117 Å². The Hall–Kier alpha value is -1.88. The molecular formula is C15H19NO4. The molecule has 1 saturated carbocycles. The van der Waals surface area contributed by atoms with Crippen LogP contribution in [0.1, 0.15) is 18.4 Å². The first kappa shape index (κ1) is 14.5. The Kier molecular flexibility index (Phi) is 5.12. The second-order valence-electron chi connectivity index (χ2n) is 5.06. The summed E-state index contributed by atoms with van der Waals surface area (Å²) in [6, 6.07) is 9.92. The number of benzene rings is 1. The van der Waals surface area contributed by atoms with Gasteiger partial charge in [-0.1, -0.05) is 30.3 Å². The van der Waals surface area contributed by atoms with Crippen molar-refractivity contribution < 1.29 is 19.4 Å². The van der Waals surface area contributed by atoms with Crippen LogP contribution >= 0.6 is 0 Å². The van der Waals surface area contributed by atoms with Crippen LogP contribution in [-0.4, -0.2) is 36.2 Å². The molecule has 1 aromatic rings. The lowest BCUT2D eigenvalue weighted by atomic mass is 9.80. The average molecular weight is 277 g/mol. The number of nitrogens with one attached hydrogen (secondary N) is 1. The van der Waals surface area contributed by atoms with E-state index in [1.165, 1.54) is 5.56 Å². The van der Waals surface area contributed by atoms with Crippen molar-refractivity contribution in [2.75, 3.05) is 13.2 Å². The number of hydrogen-bond acceptors (Lipinski definition) is 3. The highest BCUT2D eigenvalue weighted by atomic mass is 16.5. The zero-order valence-corrected chi connectivity index (χ0v) is 11.2. The van der Waals surface area contributed by atoms with Gasteiger partial charge >= 0.3 is 5.97 Å². The van der Waals surface area contributed by atoms with Crippen molar-refractivity contribution in [3.63, 3.8) is 0 Å². The van der Waals surface area contributed by atoms with Crippen molar-refractivity contribution in [2.45, 2.75) is 25.3 Å². The first-order valence-electron chi connectivity index (χ1n) is 6.79. The average Bonchev–Trinajstić information content (AvgIpc) is 2.39. The molecule has 20 heavy (non-hydrogen) atoms. The quantitative estimate of drug-likeness (QED) is 0.735. The Morgan fingerprint density at radius 1 is 1.25 bits per heavy atom. The molecule has 1 aliphatic rings. The topological polar surface area (TPSA) is 75.6 Å². The molecule has 108 valence electrons. The lowest BCUT2D eigenvalue weighted by Crippen LogP contribution is -2.47. The fraction of sp³-hybridized carbons (Fsp3) is 0.467. The van der Waals surface area contributed by atoms with Gasteiger partial charge in [-0.25, -0.2) is 0 Å². The van der Waals surface area contributed by atoms with Gasteiger partial charge in [0.25, 0.3) is 0 Å². The largest absolute Gasteiger partial charge is 0.481 e. The molecule has 0 atom stereocenters. The fourth-order valence-corrected chi connectivity index (χ4v) is 2.21. The highest BCUT2D eigenvalue weighted by molar-refractivity contribution is 5.78. The van der Waals surface area contributed by atoms with E-state index in [2.05, 4.69) is 5.32 Å². The molecule has 0 aliphatic heterocycles. The Bertz CT molecular complexity index is 454. The van der Waals surface area contributed by atoms with Crippen molar-refractivity contribution >= 4 is 11.9 Å². The number of hydrogen-bond donors (Lipinski definition) is 2. The number of ether oxygens (including phenoxy) is 1. The van der Waals surface area contributed by atoms with Crippen LogP contribution in [0.2, 0.25) is 0 Å². The third kappa shape index (κ3) is 4.35. The van der Waals surface area contributed by atoms with Gasteiger partial charge in [0, 0.05) is 6.04 Å². The summed E-state index contributed by atoms with van der Waals surface area (Å²) in [7, 11) is 0. The number of amides is 1. The maximum absolute atomic E-state index is 11.6. The second-order valence-corrected chi connectivity index (χ2v) is 5.06. The van der Waals surface area contributed by atoms with Crippen LogP contribution in [0.4, 0.5) is 0 Å². The van der Waals surface area contributed by atoms with Gasteiger partial charge in [-0.05, 0) is 24.8 Å². The monoisotopic (exact) mass is 277 g/mol. The smallest absolute Gasteiger partial charge is 0.306 e. The van der Waals surface area contributed by atoms with Gasteiger partial charge in [0.1, 0.15) is 6.61 Å². The minimum Gasteiger partial charge on any atom is -0.481 e. The summed E-state index contributed by atoms with van der Waals surface area (Å²) >= 11 is 0. The Morgan fingerprint density at radius 3 is 2.60 bits per heavy atom. The van der Waals surface area contributed by atoms with Gasteiger partial charge in [-0.3, -0.25) is 9.59 Å². The third-order valence-electron chi connectivity index (χ3n) is 3.46. The van der Waals surface area contributed by atoms with Crippen LogP contribution in [-0.2, 0) is 20.7 Å². The molecule has 5 nitrogen and oxygen atoms in total. The van der Waals surface area contributed by atoms with Crippen molar-refractivity contribution in [1.29, 1.82) is 0 Å². The zero-order chi connectivity index (χ0) is 14.4. The standard InChI is InChI=1S/C15H19NO4/c17-14(16-13-8-12(9-13)15(18)19)10-20-7-6-11-4-2-1-3-5-11/h1-5,12-13H,6-10H2,(H,16,17)(H,18,19). The molecule has 0 bridgehead atoms. The summed E-state index contributed by atoms with van der Waals surface area (Å²) in [5.41, 5.74) is 1.18. The summed E-state index contributed by atoms with van der Waals surface area (Å²) in [5.74, 6) is -1.26. The van der Waals surface area contributed by atoms with E-state index in [9.17, 15) is 9.59 Å². The Morgan fingerprint density at radius 2 is 1.95 bits per heavy atom. The van der Waals surface area contributed by atoms with Crippen molar-refractivity contribution in [3.8, 4) is 0 Å². The summed E-state index contributed by atoms with van der Waals surface area (Å²) in [4.78, 5) is 22.2. The molecule has 2 N–H and O–H groups in total. The number of aliphatic carboxylic acids is 1. The van der Waals surface area contributed by atoms with Crippen LogP contribution < -0.4 is 5.32 Å². The summed E-state index contributed by atoms with van der Waals surface area (Å²) in [5, 5.41) is 11.5. The highest BCUT2D eigenvalue weighted by Crippen LogP contribution is 2.27. The molecule has 0 saturated heterocycles. The van der Waals surface area contributed by atoms with Crippen molar-refractivity contribution in [1.82, 2.24) is 5.32 Å². The number of carboxylic acid groups (broad SMARTS) is 1. The lowest BCUT2D eigenvalue weighted by Gasteiger charge is -2.32. The van der Waals surface area contributed by atoms with E-state index in [0.717, 1.165) is 6.42 Å². The molecule has 0 aromatic heterocycles. The maximum atomic E-state index is 11.6. The summed E-state index contributed by atoms with van der Waals surface area (Å²) < 4.78 is 5.31. The van der Waals surface area contributed by atoms with Crippen molar-refractivity contribution in [3.05, 3.63) is 35.9 Å². The molecule has 0 radical (unpaired) electrons. The fourth-order valence-electron chi connectivity index (χ4n) is 2.21. The van der Waals surface area contributed by atoms with Gasteiger partial charge in [0.2, 0.25) is 5.91 Å². The molecule has 2 rings (SSSR count). The minimum absolute atomic E-state index is 0.0127. The van der Waals surface area contributed by atoms with Crippen LogP contribution in [0.25, 0.3) is 0 Å². The number of carboxylic acids is 1. The van der Waals surface area contributed by atoms with Gasteiger partial charge in [0.15, 0.2) is 0 Å². The van der Waals surface area contributed by atoms with Gasteiger partial charge in [-0.15, -0.1) is 0 Å². The predicted octanol–water partition coefficient (Wildman–Crippen LogP) is 1.23. The molecule has 1 amide bonds. The van der Waals surface area contributed by atoms with E-state index in [-0.39, 0.29) is 24.5 Å². The molecule has 1 aliphatic carbocycles. The second kappa shape index (κ2) is 7.05. The first-order chi connectivity index (χ1) is 9.65. The van der Waals surface area contributed by atoms with Crippen LogP contribution in [0.3, 0.4) is 0 Å².